The predicted molar refractivity (Wildman–Crippen MR) is 63.3 cm³/mol. The summed E-state index contributed by atoms with van der Waals surface area (Å²) in [6, 6.07) is 6.50. The molecule has 2 nitrogen and oxygen atoms in total. The Bertz CT molecular complexity index is 336. The number of quaternary nitrogens is 1. The van der Waals surface area contributed by atoms with Crippen LogP contribution in [-0.2, 0) is 6.54 Å². The minimum absolute atomic E-state index is 0.144. The first-order valence-corrected chi connectivity index (χ1v) is 5.39. The molecule has 0 aliphatic carbocycles. The van der Waals surface area contributed by atoms with Gasteiger partial charge < -0.3 is 9.59 Å². The Balaban J connectivity index is 2.74. The number of benzene rings is 1. The fourth-order valence-corrected chi connectivity index (χ4v) is 1.82. The van der Waals surface area contributed by atoms with Crippen molar-refractivity contribution in [1.82, 2.24) is 0 Å². The van der Waals surface area contributed by atoms with Gasteiger partial charge in [-0.25, -0.2) is 4.39 Å². The van der Waals surface area contributed by atoms with Crippen molar-refractivity contribution in [2.24, 2.45) is 0 Å². The van der Waals surface area contributed by atoms with Crippen LogP contribution >= 0.6 is 0 Å². The van der Waals surface area contributed by atoms with Gasteiger partial charge in [0, 0.05) is 5.56 Å². The maximum atomic E-state index is 12.8. The summed E-state index contributed by atoms with van der Waals surface area (Å²) in [6.45, 7) is 6.10. The second-order valence-electron chi connectivity index (χ2n) is 4.32. The van der Waals surface area contributed by atoms with Crippen molar-refractivity contribution in [2.45, 2.75) is 6.54 Å². The van der Waals surface area contributed by atoms with E-state index in [1.807, 2.05) is 6.08 Å². The summed E-state index contributed by atoms with van der Waals surface area (Å²) >= 11 is 0. The van der Waals surface area contributed by atoms with Gasteiger partial charge in [0.2, 0.25) is 0 Å². The van der Waals surface area contributed by atoms with E-state index in [0.29, 0.717) is 11.0 Å². The van der Waals surface area contributed by atoms with Gasteiger partial charge in [-0.1, -0.05) is 18.7 Å². The van der Waals surface area contributed by atoms with Crippen molar-refractivity contribution in [3.05, 3.63) is 48.3 Å². The maximum Gasteiger partial charge on any atom is 0.123 e. The van der Waals surface area contributed by atoms with E-state index in [-0.39, 0.29) is 12.4 Å². The van der Waals surface area contributed by atoms with E-state index in [1.165, 1.54) is 12.1 Å². The van der Waals surface area contributed by atoms with Gasteiger partial charge >= 0.3 is 0 Å². The minimum Gasteiger partial charge on any atom is -0.391 e. The highest BCUT2D eigenvalue weighted by atomic mass is 19.1. The first-order valence-electron chi connectivity index (χ1n) is 5.39. The van der Waals surface area contributed by atoms with Gasteiger partial charge in [-0.3, -0.25) is 0 Å². The van der Waals surface area contributed by atoms with Crippen molar-refractivity contribution in [2.75, 3.05) is 26.7 Å². The summed E-state index contributed by atoms with van der Waals surface area (Å²) in [5, 5.41) is 9.04. The Morgan fingerprint density at radius 1 is 1.38 bits per heavy atom. The fourth-order valence-electron chi connectivity index (χ4n) is 1.82. The number of hydrogen-bond acceptors (Lipinski definition) is 1. The summed E-state index contributed by atoms with van der Waals surface area (Å²) in [5.74, 6) is -0.219. The standard InChI is InChI=1S/C13H19FNO/c1-3-8-15(2,9-10-16)11-12-4-6-13(14)7-5-12/h3-7,16H,1,8-11H2,2H3/q+1/t15-/m0/s1. The molecule has 1 N–H and O–H groups in total. The average Bonchev–Trinajstić information content (AvgIpc) is 2.22. The molecule has 0 saturated heterocycles. The molecule has 0 saturated carbocycles. The number of hydrogen-bond donors (Lipinski definition) is 1. The molecule has 0 amide bonds. The van der Waals surface area contributed by atoms with E-state index in [2.05, 4.69) is 13.6 Å². The Kier molecular flexibility index (Phi) is 4.65. The molecule has 0 fully saturated rings. The summed E-state index contributed by atoms with van der Waals surface area (Å²) in [6.07, 6.45) is 1.85. The zero-order valence-corrected chi connectivity index (χ0v) is 9.69. The lowest BCUT2D eigenvalue weighted by atomic mass is 10.2. The molecule has 88 valence electrons. The second kappa shape index (κ2) is 5.77. The number of halogens is 1. The van der Waals surface area contributed by atoms with Gasteiger partial charge in [-0.2, -0.15) is 0 Å². The quantitative estimate of drug-likeness (QED) is 0.578. The Morgan fingerprint density at radius 2 is 2.00 bits per heavy atom. The number of aliphatic hydroxyl groups excluding tert-OH is 1. The molecule has 16 heavy (non-hydrogen) atoms. The van der Waals surface area contributed by atoms with Gasteiger partial charge in [-0.15, -0.1) is 0 Å². The van der Waals surface area contributed by atoms with Crippen LogP contribution in [0.1, 0.15) is 5.56 Å². The van der Waals surface area contributed by atoms with Crippen LogP contribution in [0.5, 0.6) is 0 Å². The molecule has 1 rings (SSSR count). The zero-order valence-electron chi connectivity index (χ0n) is 9.69. The van der Waals surface area contributed by atoms with Crippen LogP contribution in [0.25, 0.3) is 0 Å². The summed E-state index contributed by atoms with van der Waals surface area (Å²) in [5.41, 5.74) is 1.07. The van der Waals surface area contributed by atoms with E-state index in [0.717, 1.165) is 18.7 Å². The molecule has 0 radical (unpaired) electrons. The van der Waals surface area contributed by atoms with Crippen LogP contribution in [0.2, 0.25) is 0 Å². The van der Waals surface area contributed by atoms with Crippen molar-refractivity contribution >= 4 is 0 Å². The SMILES string of the molecule is C=CC[N@@+](C)(CCO)Cc1ccc(F)cc1. The van der Waals surface area contributed by atoms with Crippen molar-refractivity contribution in [3.63, 3.8) is 0 Å². The van der Waals surface area contributed by atoms with E-state index >= 15 is 0 Å². The Hall–Kier alpha value is -1.19. The van der Waals surface area contributed by atoms with Crippen LogP contribution in [0.3, 0.4) is 0 Å². The van der Waals surface area contributed by atoms with Gasteiger partial charge in [0.1, 0.15) is 18.9 Å². The molecular formula is C13H19FNO+. The van der Waals surface area contributed by atoms with Crippen LogP contribution in [-0.4, -0.2) is 36.3 Å². The summed E-state index contributed by atoms with van der Waals surface area (Å²) < 4.78 is 13.4. The molecule has 0 heterocycles. The highest BCUT2D eigenvalue weighted by molar-refractivity contribution is 5.15. The third-order valence-electron chi connectivity index (χ3n) is 2.69. The van der Waals surface area contributed by atoms with E-state index < -0.39 is 0 Å². The molecule has 1 aromatic carbocycles. The molecular weight excluding hydrogens is 205 g/mol. The molecule has 0 unspecified atom stereocenters. The molecule has 0 spiro atoms. The van der Waals surface area contributed by atoms with Crippen molar-refractivity contribution in [3.8, 4) is 0 Å². The van der Waals surface area contributed by atoms with Crippen LogP contribution in [0, 0.1) is 5.82 Å². The lowest BCUT2D eigenvalue weighted by molar-refractivity contribution is -0.917. The molecule has 0 bridgehead atoms. The van der Waals surface area contributed by atoms with Gasteiger partial charge in [-0.05, 0) is 18.2 Å². The smallest absolute Gasteiger partial charge is 0.123 e. The van der Waals surface area contributed by atoms with Gasteiger partial charge in [0.15, 0.2) is 0 Å². The topological polar surface area (TPSA) is 20.2 Å². The van der Waals surface area contributed by atoms with Crippen LogP contribution in [0.4, 0.5) is 4.39 Å². The molecule has 1 atom stereocenters. The number of aliphatic hydroxyl groups is 1. The molecule has 0 aromatic heterocycles. The first-order chi connectivity index (χ1) is 7.59. The molecule has 0 aliphatic rings. The molecule has 3 heteroatoms. The summed E-state index contributed by atoms with van der Waals surface area (Å²) in [7, 11) is 2.06. The van der Waals surface area contributed by atoms with Gasteiger partial charge in [0.05, 0.1) is 20.2 Å². The van der Waals surface area contributed by atoms with E-state index in [1.54, 1.807) is 12.1 Å². The summed E-state index contributed by atoms with van der Waals surface area (Å²) in [4.78, 5) is 0. The van der Waals surface area contributed by atoms with Crippen LogP contribution in [0.15, 0.2) is 36.9 Å². The molecule has 0 aliphatic heterocycles. The zero-order chi connectivity index (χ0) is 12.0. The van der Waals surface area contributed by atoms with E-state index in [4.69, 9.17) is 5.11 Å². The number of rotatable bonds is 6. The van der Waals surface area contributed by atoms with E-state index in [9.17, 15) is 4.39 Å². The van der Waals surface area contributed by atoms with Crippen molar-refractivity contribution in [1.29, 1.82) is 0 Å². The third kappa shape index (κ3) is 3.76. The lowest BCUT2D eigenvalue weighted by Gasteiger charge is -2.33. The normalized spacial score (nSPS) is 14.4. The highest BCUT2D eigenvalue weighted by Crippen LogP contribution is 2.12. The monoisotopic (exact) mass is 224 g/mol. The maximum absolute atomic E-state index is 12.8. The van der Waals surface area contributed by atoms with Gasteiger partial charge in [0.25, 0.3) is 0 Å². The number of likely N-dealkylation sites (N-methyl/N-ethyl adjacent to an activating group) is 1. The lowest BCUT2D eigenvalue weighted by Crippen LogP contribution is -2.45. The first kappa shape index (κ1) is 12.9. The average molecular weight is 224 g/mol. The minimum atomic E-state index is -0.219. The fraction of sp³-hybridized carbons (Fsp3) is 0.385. The Morgan fingerprint density at radius 3 is 2.50 bits per heavy atom. The van der Waals surface area contributed by atoms with Crippen molar-refractivity contribution < 1.29 is 14.0 Å². The third-order valence-corrected chi connectivity index (χ3v) is 2.69. The largest absolute Gasteiger partial charge is 0.391 e. The highest BCUT2D eigenvalue weighted by Gasteiger charge is 2.19. The predicted octanol–water partition coefficient (Wildman–Crippen LogP) is 1.95. The Labute approximate surface area is 96.2 Å². The molecule has 1 aromatic rings. The number of nitrogens with zero attached hydrogens (tertiary/aromatic N) is 1. The second-order valence-corrected chi connectivity index (χ2v) is 4.32. The van der Waals surface area contributed by atoms with Crippen LogP contribution < -0.4 is 0 Å².